The van der Waals surface area contributed by atoms with Gasteiger partial charge in [-0.05, 0) is 19.8 Å². The number of ether oxygens (including phenoxy) is 1. The lowest BCUT2D eigenvalue weighted by molar-refractivity contribution is 0.0518. The van der Waals surface area contributed by atoms with Crippen LogP contribution in [0.3, 0.4) is 0 Å². The lowest BCUT2D eigenvalue weighted by Gasteiger charge is -2.18. The third kappa shape index (κ3) is 1.84. The quantitative estimate of drug-likeness (QED) is 0.795. The molecule has 2 heterocycles. The molecule has 3 rings (SSSR count). The SMILES string of the molecule is CCOC(=O)c1nc(C2CC2)n2c1CNCC2. The number of aromatic nitrogens is 2. The Bertz CT molecular complexity index is 449. The molecule has 0 spiro atoms. The Labute approximate surface area is 100 Å². The van der Waals surface area contributed by atoms with Crippen molar-refractivity contribution < 1.29 is 9.53 Å². The summed E-state index contributed by atoms with van der Waals surface area (Å²) in [6.07, 6.45) is 2.40. The van der Waals surface area contributed by atoms with E-state index in [1.807, 2.05) is 6.92 Å². The van der Waals surface area contributed by atoms with Gasteiger partial charge in [-0.3, -0.25) is 0 Å². The van der Waals surface area contributed by atoms with Crippen LogP contribution in [0.2, 0.25) is 0 Å². The van der Waals surface area contributed by atoms with Crippen molar-refractivity contribution >= 4 is 5.97 Å². The molecular weight excluding hydrogens is 218 g/mol. The van der Waals surface area contributed by atoms with E-state index >= 15 is 0 Å². The van der Waals surface area contributed by atoms with E-state index in [0.29, 0.717) is 24.8 Å². The van der Waals surface area contributed by atoms with Crippen LogP contribution >= 0.6 is 0 Å². The molecule has 1 aliphatic heterocycles. The molecule has 1 aromatic heterocycles. The standard InChI is InChI=1S/C12H17N3O2/c1-2-17-12(16)10-9-7-13-5-6-15(9)11(14-10)8-3-4-8/h8,13H,2-7H2,1H3. The van der Waals surface area contributed by atoms with Crippen molar-refractivity contribution in [2.75, 3.05) is 13.2 Å². The summed E-state index contributed by atoms with van der Waals surface area (Å²) in [4.78, 5) is 16.4. The molecule has 0 atom stereocenters. The maximum Gasteiger partial charge on any atom is 0.358 e. The van der Waals surface area contributed by atoms with Crippen LogP contribution in [-0.4, -0.2) is 28.7 Å². The monoisotopic (exact) mass is 235 g/mol. The Morgan fingerprint density at radius 1 is 1.59 bits per heavy atom. The van der Waals surface area contributed by atoms with Crippen molar-refractivity contribution in [3.63, 3.8) is 0 Å². The first-order chi connectivity index (χ1) is 8.31. The molecule has 0 unspecified atom stereocenters. The smallest absolute Gasteiger partial charge is 0.358 e. The zero-order chi connectivity index (χ0) is 11.8. The zero-order valence-electron chi connectivity index (χ0n) is 10.0. The molecule has 1 N–H and O–H groups in total. The fourth-order valence-electron chi connectivity index (χ4n) is 2.35. The number of fused-ring (bicyclic) bond motifs is 1. The molecule has 0 aromatic carbocycles. The van der Waals surface area contributed by atoms with E-state index in [2.05, 4.69) is 14.9 Å². The summed E-state index contributed by atoms with van der Waals surface area (Å²) in [7, 11) is 0. The summed E-state index contributed by atoms with van der Waals surface area (Å²) in [6, 6.07) is 0. The number of nitrogens with one attached hydrogen (secondary N) is 1. The maximum atomic E-state index is 11.8. The zero-order valence-corrected chi connectivity index (χ0v) is 10.0. The first-order valence-corrected chi connectivity index (χ1v) is 6.28. The molecule has 0 bridgehead atoms. The predicted octanol–water partition coefficient (Wildman–Crippen LogP) is 1.04. The van der Waals surface area contributed by atoms with Crippen molar-refractivity contribution in [1.82, 2.24) is 14.9 Å². The summed E-state index contributed by atoms with van der Waals surface area (Å²) in [5.74, 6) is 1.37. The predicted molar refractivity (Wildman–Crippen MR) is 61.9 cm³/mol. The van der Waals surface area contributed by atoms with Crippen LogP contribution in [-0.2, 0) is 17.8 Å². The van der Waals surface area contributed by atoms with E-state index in [1.165, 1.54) is 12.8 Å². The van der Waals surface area contributed by atoms with E-state index in [0.717, 1.165) is 24.6 Å². The van der Waals surface area contributed by atoms with Crippen molar-refractivity contribution in [1.29, 1.82) is 0 Å². The molecule has 0 amide bonds. The number of esters is 1. The first kappa shape index (κ1) is 10.8. The van der Waals surface area contributed by atoms with Crippen molar-refractivity contribution in [3.8, 4) is 0 Å². The lowest BCUT2D eigenvalue weighted by Crippen LogP contribution is -2.29. The summed E-state index contributed by atoms with van der Waals surface area (Å²) in [6.45, 7) is 4.80. The van der Waals surface area contributed by atoms with E-state index in [9.17, 15) is 4.79 Å². The third-order valence-corrected chi connectivity index (χ3v) is 3.32. The Kier molecular flexibility index (Phi) is 2.63. The van der Waals surface area contributed by atoms with Crippen LogP contribution in [0.25, 0.3) is 0 Å². The molecule has 92 valence electrons. The van der Waals surface area contributed by atoms with Crippen LogP contribution in [0.4, 0.5) is 0 Å². The van der Waals surface area contributed by atoms with Gasteiger partial charge in [-0.25, -0.2) is 9.78 Å². The molecular formula is C12H17N3O2. The van der Waals surface area contributed by atoms with Crippen LogP contribution in [0, 0.1) is 0 Å². The number of carbonyl (C=O) groups excluding carboxylic acids is 1. The minimum atomic E-state index is -0.285. The van der Waals surface area contributed by atoms with Gasteiger partial charge in [-0.1, -0.05) is 0 Å². The minimum absolute atomic E-state index is 0.285. The highest BCUT2D eigenvalue weighted by Gasteiger charge is 2.33. The average Bonchev–Trinajstić information content (AvgIpc) is 3.10. The van der Waals surface area contributed by atoms with Gasteiger partial charge in [-0.15, -0.1) is 0 Å². The van der Waals surface area contributed by atoms with E-state index in [-0.39, 0.29) is 5.97 Å². The number of hydrogen-bond acceptors (Lipinski definition) is 4. The second-order valence-corrected chi connectivity index (χ2v) is 4.59. The minimum Gasteiger partial charge on any atom is -0.461 e. The molecule has 1 aliphatic carbocycles. The van der Waals surface area contributed by atoms with Gasteiger partial charge in [0, 0.05) is 25.6 Å². The Morgan fingerprint density at radius 2 is 2.41 bits per heavy atom. The van der Waals surface area contributed by atoms with Crippen molar-refractivity contribution in [3.05, 3.63) is 17.2 Å². The highest BCUT2D eigenvalue weighted by molar-refractivity contribution is 5.88. The molecule has 0 saturated heterocycles. The van der Waals surface area contributed by atoms with E-state index in [4.69, 9.17) is 4.74 Å². The largest absolute Gasteiger partial charge is 0.461 e. The van der Waals surface area contributed by atoms with Gasteiger partial charge in [0.25, 0.3) is 0 Å². The van der Waals surface area contributed by atoms with Crippen molar-refractivity contribution in [2.45, 2.75) is 38.8 Å². The molecule has 5 nitrogen and oxygen atoms in total. The first-order valence-electron chi connectivity index (χ1n) is 6.28. The fraction of sp³-hybridized carbons (Fsp3) is 0.667. The van der Waals surface area contributed by atoms with Crippen LogP contribution in [0.15, 0.2) is 0 Å². The van der Waals surface area contributed by atoms with E-state index < -0.39 is 0 Å². The van der Waals surface area contributed by atoms with Crippen molar-refractivity contribution in [2.24, 2.45) is 0 Å². The highest BCUT2D eigenvalue weighted by atomic mass is 16.5. The third-order valence-electron chi connectivity index (χ3n) is 3.32. The number of rotatable bonds is 3. The van der Waals surface area contributed by atoms with Crippen LogP contribution in [0.1, 0.15) is 47.7 Å². The van der Waals surface area contributed by atoms with Gasteiger partial charge in [0.2, 0.25) is 0 Å². The normalized spacial score (nSPS) is 18.9. The number of nitrogens with zero attached hydrogens (tertiary/aromatic N) is 2. The number of imidazole rings is 1. The number of carbonyl (C=O) groups is 1. The van der Waals surface area contributed by atoms with Crippen LogP contribution in [0.5, 0.6) is 0 Å². The topological polar surface area (TPSA) is 56.1 Å². The lowest BCUT2D eigenvalue weighted by atomic mass is 10.2. The van der Waals surface area contributed by atoms with Gasteiger partial charge in [0.1, 0.15) is 5.82 Å². The number of hydrogen-bond donors (Lipinski definition) is 1. The summed E-state index contributed by atoms with van der Waals surface area (Å²) < 4.78 is 7.27. The molecule has 1 aromatic rings. The second-order valence-electron chi connectivity index (χ2n) is 4.59. The molecule has 1 fully saturated rings. The highest BCUT2D eigenvalue weighted by Crippen LogP contribution is 2.40. The Hall–Kier alpha value is -1.36. The second kappa shape index (κ2) is 4.14. The molecule has 5 heteroatoms. The molecule has 0 radical (unpaired) electrons. The van der Waals surface area contributed by atoms with Gasteiger partial charge >= 0.3 is 5.97 Å². The van der Waals surface area contributed by atoms with Gasteiger partial charge in [0.05, 0.1) is 12.3 Å². The van der Waals surface area contributed by atoms with E-state index in [1.54, 1.807) is 0 Å². The molecule has 17 heavy (non-hydrogen) atoms. The summed E-state index contributed by atoms with van der Waals surface area (Å²) in [5, 5.41) is 3.28. The van der Waals surface area contributed by atoms with Gasteiger partial charge in [0.15, 0.2) is 5.69 Å². The Balaban J connectivity index is 1.99. The molecule has 1 saturated carbocycles. The summed E-state index contributed by atoms with van der Waals surface area (Å²) in [5.41, 5.74) is 1.51. The summed E-state index contributed by atoms with van der Waals surface area (Å²) >= 11 is 0. The van der Waals surface area contributed by atoms with Crippen LogP contribution < -0.4 is 5.32 Å². The Morgan fingerprint density at radius 3 is 3.12 bits per heavy atom. The average molecular weight is 235 g/mol. The maximum absolute atomic E-state index is 11.8. The molecule has 2 aliphatic rings. The van der Waals surface area contributed by atoms with Gasteiger partial charge in [-0.2, -0.15) is 0 Å². The fourth-order valence-corrected chi connectivity index (χ4v) is 2.35. The van der Waals surface area contributed by atoms with Gasteiger partial charge < -0.3 is 14.6 Å².